The fourth-order valence-electron chi connectivity index (χ4n) is 1.60. The minimum atomic E-state index is -1.27. The minimum absolute atomic E-state index is 0.171. The van der Waals surface area contributed by atoms with E-state index in [1.54, 1.807) is 0 Å². The Labute approximate surface area is 128 Å². The van der Waals surface area contributed by atoms with Crippen molar-refractivity contribution >= 4 is 34.9 Å². The van der Waals surface area contributed by atoms with Gasteiger partial charge in [-0.1, -0.05) is 23.2 Å². The SMILES string of the molecule is O=C(O)c1ccc([N+](=O)[O-])cc1Oc1cc(Cl)cc(Cl)c1. The lowest BCUT2D eigenvalue weighted by atomic mass is 10.2. The number of hydrogen-bond acceptors (Lipinski definition) is 4. The van der Waals surface area contributed by atoms with Gasteiger partial charge in [-0.25, -0.2) is 4.79 Å². The molecule has 0 amide bonds. The summed E-state index contributed by atoms with van der Waals surface area (Å²) in [4.78, 5) is 21.2. The average Bonchev–Trinajstić information content (AvgIpc) is 2.36. The van der Waals surface area contributed by atoms with Gasteiger partial charge in [0, 0.05) is 16.1 Å². The molecule has 6 nitrogen and oxygen atoms in total. The number of ether oxygens (including phenoxy) is 1. The number of benzene rings is 2. The van der Waals surface area contributed by atoms with Gasteiger partial charge in [0.1, 0.15) is 17.1 Å². The second-order valence-corrected chi connectivity index (χ2v) is 4.82. The number of carboxylic acid groups (broad SMARTS) is 1. The van der Waals surface area contributed by atoms with E-state index in [0.717, 1.165) is 18.2 Å². The molecule has 0 aliphatic rings. The molecule has 108 valence electrons. The summed E-state index contributed by atoms with van der Waals surface area (Å²) in [6.45, 7) is 0. The zero-order chi connectivity index (χ0) is 15.6. The number of rotatable bonds is 4. The zero-order valence-electron chi connectivity index (χ0n) is 10.2. The van der Waals surface area contributed by atoms with Crippen molar-refractivity contribution in [3.05, 3.63) is 62.1 Å². The van der Waals surface area contributed by atoms with Crippen molar-refractivity contribution in [2.45, 2.75) is 0 Å². The van der Waals surface area contributed by atoms with E-state index in [1.165, 1.54) is 18.2 Å². The third kappa shape index (κ3) is 3.62. The fourth-order valence-corrected chi connectivity index (χ4v) is 2.11. The van der Waals surface area contributed by atoms with Gasteiger partial charge in [-0.05, 0) is 24.3 Å². The monoisotopic (exact) mass is 327 g/mol. The van der Waals surface area contributed by atoms with E-state index in [9.17, 15) is 14.9 Å². The maximum absolute atomic E-state index is 11.1. The highest BCUT2D eigenvalue weighted by molar-refractivity contribution is 6.34. The number of carboxylic acids is 1. The van der Waals surface area contributed by atoms with Crippen LogP contribution in [0.3, 0.4) is 0 Å². The maximum atomic E-state index is 11.1. The Kier molecular flexibility index (Phi) is 4.30. The number of hydrogen-bond donors (Lipinski definition) is 1. The van der Waals surface area contributed by atoms with Crippen molar-refractivity contribution in [3.63, 3.8) is 0 Å². The van der Waals surface area contributed by atoms with Gasteiger partial charge in [0.05, 0.1) is 11.0 Å². The molecule has 0 aromatic heterocycles. The van der Waals surface area contributed by atoms with Crippen LogP contribution in [0.4, 0.5) is 5.69 Å². The normalized spacial score (nSPS) is 10.2. The molecule has 0 saturated carbocycles. The van der Waals surface area contributed by atoms with Gasteiger partial charge in [0.25, 0.3) is 5.69 Å². The Morgan fingerprint density at radius 2 is 1.76 bits per heavy atom. The standard InChI is InChI=1S/C13H7Cl2NO5/c14-7-3-8(15)5-10(4-7)21-12-6-9(16(19)20)1-2-11(12)13(17)18/h1-6H,(H,17,18). The highest BCUT2D eigenvalue weighted by Crippen LogP contribution is 2.32. The van der Waals surface area contributed by atoms with Crippen molar-refractivity contribution in [3.8, 4) is 11.5 Å². The van der Waals surface area contributed by atoms with E-state index in [1.807, 2.05) is 0 Å². The van der Waals surface area contributed by atoms with Gasteiger partial charge < -0.3 is 9.84 Å². The number of halogens is 2. The smallest absolute Gasteiger partial charge is 0.339 e. The average molecular weight is 328 g/mol. The van der Waals surface area contributed by atoms with E-state index < -0.39 is 10.9 Å². The number of carbonyl (C=O) groups is 1. The second kappa shape index (κ2) is 5.99. The topological polar surface area (TPSA) is 89.7 Å². The van der Waals surface area contributed by atoms with Crippen LogP contribution >= 0.6 is 23.2 Å². The largest absolute Gasteiger partial charge is 0.478 e. The molecule has 0 unspecified atom stereocenters. The van der Waals surface area contributed by atoms with Crippen LogP contribution in [0.25, 0.3) is 0 Å². The molecule has 0 saturated heterocycles. The summed E-state index contributed by atoms with van der Waals surface area (Å²) < 4.78 is 5.37. The molecule has 0 heterocycles. The van der Waals surface area contributed by atoms with Crippen LogP contribution in [0, 0.1) is 10.1 Å². The van der Waals surface area contributed by atoms with Crippen LogP contribution in [0.5, 0.6) is 11.5 Å². The van der Waals surface area contributed by atoms with E-state index in [4.69, 9.17) is 33.0 Å². The van der Waals surface area contributed by atoms with Crippen molar-refractivity contribution in [1.82, 2.24) is 0 Å². The molecule has 8 heteroatoms. The molecule has 0 aliphatic heterocycles. The summed E-state index contributed by atoms with van der Waals surface area (Å²) >= 11 is 11.6. The molecule has 0 bridgehead atoms. The Morgan fingerprint density at radius 3 is 2.29 bits per heavy atom. The molecule has 0 atom stereocenters. The first kappa shape index (κ1) is 15.1. The van der Waals surface area contributed by atoms with Crippen molar-refractivity contribution in [1.29, 1.82) is 0 Å². The first-order valence-electron chi connectivity index (χ1n) is 5.52. The molecular formula is C13H7Cl2NO5. The molecular weight excluding hydrogens is 321 g/mol. The van der Waals surface area contributed by atoms with Gasteiger partial charge in [-0.3, -0.25) is 10.1 Å². The zero-order valence-corrected chi connectivity index (χ0v) is 11.8. The van der Waals surface area contributed by atoms with E-state index in [0.29, 0.717) is 10.0 Å². The van der Waals surface area contributed by atoms with E-state index in [-0.39, 0.29) is 22.7 Å². The van der Waals surface area contributed by atoms with Crippen molar-refractivity contribution < 1.29 is 19.6 Å². The van der Waals surface area contributed by atoms with Gasteiger partial charge in [-0.2, -0.15) is 0 Å². The number of nitrogens with zero attached hydrogens (tertiary/aromatic N) is 1. The third-order valence-electron chi connectivity index (χ3n) is 2.47. The van der Waals surface area contributed by atoms with E-state index >= 15 is 0 Å². The third-order valence-corrected chi connectivity index (χ3v) is 2.91. The lowest BCUT2D eigenvalue weighted by molar-refractivity contribution is -0.384. The van der Waals surface area contributed by atoms with Gasteiger partial charge in [-0.15, -0.1) is 0 Å². The molecule has 2 aromatic carbocycles. The molecule has 2 aromatic rings. The predicted octanol–water partition coefficient (Wildman–Crippen LogP) is 4.39. The molecule has 1 N–H and O–H groups in total. The van der Waals surface area contributed by atoms with Crippen LogP contribution < -0.4 is 4.74 Å². The number of nitro groups is 1. The van der Waals surface area contributed by atoms with Gasteiger partial charge in [0.2, 0.25) is 0 Å². The summed E-state index contributed by atoms with van der Waals surface area (Å²) in [5.41, 5.74) is -0.500. The van der Waals surface area contributed by atoms with Crippen LogP contribution in [0.2, 0.25) is 10.0 Å². The van der Waals surface area contributed by atoms with Crippen molar-refractivity contribution in [2.24, 2.45) is 0 Å². The lowest BCUT2D eigenvalue weighted by Crippen LogP contribution is -2.01. The van der Waals surface area contributed by atoms with Crippen molar-refractivity contribution in [2.75, 3.05) is 0 Å². The number of non-ortho nitro benzene ring substituents is 1. The van der Waals surface area contributed by atoms with Gasteiger partial charge in [0.15, 0.2) is 0 Å². The van der Waals surface area contributed by atoms with Crippen LogP contribution in [0.1, 0.15) is 10.4 Å². The minimum Gasteiger partial charge on any atom is -0.478 e. The Balaban J connectivity index is 2.47. The number of aromatic carboxylic acids is 1. The summed E-state index contributed by atoms with van der Waals surface area (Å²) in [5.74, 6) is -1.27. The van der Waals surface area contributed by atoms with Crippen LogP contribution in [-0.4, -0.2) is 16.0 Å². The molecule has 0 spiro atoms. The molecule has 0 fully saturated rings. The van der Waals surface area contributed by atoms with Crippen LogP contribution in [0.15, 0.2) is 36.4 Å². The van der Waals surface area contributed by atoms with Gasteiger partial charge >= 0.3 is 5.97 Å². The summed E-state index contributed by atoms with van der Waals surface area (Å²) in [7, 11) is 0. The highest BCUT2D eigenvalue weighted by Gasteiger charge is 2.17. The Bertz CT molecular complexity index is 712. The predicted molar refractivity (Wildman–Crippen MR) is 76.6 cm³/mol. The summed E-state index contributed by atoms with van der Waals surface area (Å²) in [6.07, 6.45) is 0. The van der Waals surface area contributed by atoms with E-state index in [2.05, 4.69) is 0 Å². The molecule has 2 rings (SSSR count). The Morgan fingerprint density at radius 1 is 1.14 bits per heavy atom. The lowest BCUT2D eigenvalue weighted by Gasteiger charge is -2.09. The molecule has 0 aliphatic carbocycles. The summed E-state index contributed by atoms with van der Waals surface area (Å²) in [6, 6.07) is 7.51. The molecule has 21 heavy (non-hydrogen) atoms. The first-order chi connectivity index (χ1) is 9.86. The van der Waals surface area contributed by atoms with Crippen LogP contribution in [-0.2, 0) is 0 Å². The first-order valence-corrected chi connectivity index (χ1v) is 6.28. The maximum Gasteiger partial charge on any atom is 0.339 e. The number of nitro benzene ring substituents is 1. The summed E-state index contributed by atoms with van der Waals surface area (Å²) in [5, 5.41) is 20.4. The highest BCUT2D eigenvalue weighted by atomic mass is 35.5. The Hall–Kier alpha value is -2.31. The molecule has 0 radical (unpaired) electrons. The quantitative estimate of drug-likeness (QED) is 0.664. The second-order valence-electron chi connectivity index (χ2n) is 3.95. The fraction of sp³-hybridized carbons (Fsp3) is 0.